The molecule has 8 rings (SSSR count). The van der Waals surface area contributed by atoms with E-state index in [-0.39, 0.29) is 0 Å². The molecule has 0 bridgehead atoms. The van der Waals surface area contributed by atoms with E-state index in [1.165, 1.54) is 66.3 Å². The predicted octanol–water partition coefficient (Wildman–Crippen LogP) is 9.53. The summed E-state index contributed by atoms with van der Waals surface area (Å²) < 4.78 is 4.77. The highest BCUT2D eigenvalue weighted by atomic mass is 15.0. The summed E-state index contributed by atoms with van der Waals surface area (Å²) in [6.45, 7) is 2.17. The van der Waals surface area contributed by atoms with Gasteiger partial charge in [0.15, 0.2) is 0 Å². The Hall–Kier alpha value is -5.33. The van der Waals surface area contributed by atoms with E-state index in [2.05, 4.69) is 119 Å². The Morgan fingerprint density at radius 3 is 2.12 bits per heavy atom. The molecule has 194 valence electrons. The Morgan fingerprint density at radius 1 is 0.659 bits per heavy atom. The van der Waals surface area contributed by atoms with Gasteiger partial charge in [-0.15, -0.1) is 0 Å². The van der Waals surface area contributed by atoms with Crippen molar-refractivity contribution in [2.45, 2.75) is 19.8 Å². The number of allylic oxidation sites excluding steroid dienone is 1. The summed E-state index contributed by atoms with van der Waals surface area (Å²) in [7, 11) is 0. The van der Waals surface area contributed by atoms with Gasteiger partial charge in [-0.3, -0.25) is 0 Å². The van der Waals surface area contributed by atoms with Crippen molar-refractivity contribution in [3.8, 4) is 28.6 Å². The lowest BCUT2D eigenvalue weighted by molar-refractivity contribution is 0.888. The summed E-state index contributed by atoms with van der Waals surface area (Å²) in [6, 6.07) is 41.1. The van der Waals surface area contributed by atoms with Crippen LogP contribution in [0.4, 0.5) is 0 Å². The maximum absolute atomic E-state index is 9.31. The van der Waals surface area contributed by atoms with Crippen molar-refractivity contribution in [2.75, 3.05) is 0 Å². The predicted molar refractivity (Wildman–Crippen MR) is 170 cm³/mol. The van der Waals surface area contributed by atoms with Crippen LogP contribution in [-0.4, -0.2) is 9.13 Å². The average molecular weight is 526 g/mol. The lowest BCUT2D eigenvalue weighted by atomic mass is 9.98. The Morgan fingerprint density at radius 2 is 1.37 bits per heavy atom. The van der Waals surface area contributed by atoms with Crippen molar-refractivity contribution in [3.05, 3.63) is 138 Å². The number of nitriles is 1. The number of hydrogen-bond acceptors (Lipinski definition) is 1. The summed E-state index contributed by atoms with van der Waals surface area (Å²) >= 11 is 0. The second kappa shape index (κ2) is 9.11. The van der Waals surface area contributed by atoms with E-state index in [0.29, 0.717) is 5.56 Å². The second-order valence-electron chi connectivity index (χ2n) is 10.9. The zero-order valence-corrected chi connectivity index (χ0v) is 22.8. The zero-order valence-electron chi connectivity index (χ0n) is 22.8. The minimum absolute atomic E-state index is 0.669. The average Bonchev–Trinajstić information content (AvgIpc) is 3.54. The van der Waals surface area contributed by atoms with Crippen molar-refractivity contribution in [3.63, 3.8) is 0 Å². The molecule has 2 heterocycles. The van der Waals surface area contributed by atoms with Crippen molar-refractivity contribution in [1.29, 1.82) is 5.26 Å². The molecule has 0 amide bonds. The van der Waals surface area contributed by atoms with Crippen LogP contribution in [0.5, 0.6) is 0 Å². The first kappa shape index (κ1) is 23.5. The van der Waals surface area contributed by atoms with Gasteiger partial charge in [0.05, 0.1) is 28.2 Å². The molecule has 1 aliphatic carbocycles. The molecule has 0 fully saturated rings. The summed E-state index contributed by atoms with van der Waals surface area (Å²) in [5, 5.41) is 13.1. The largest absolute Gasteiger partial charge is 0.313 e. The van der Waals surface area contributed by atoms with Crippen LogP contribution in [0.3, 0.4) is 0 Å². The molecule has 0 saturated carbocycles. The second-order valence-corrected chi connectivity index (χ2v) is 10.9. The van der Waals surface area contributed by atoms with Crippen molar-refractivity contribution < 1.29 is 0 Å². The molecule has 0 unspecified atom stereocenters. The topological polar surface area (TPSA) is 33.6 Å². The van der Waals surface area contributed by atoms with Crippen molar-refractivity contribution in [2.24, 2.45) is 0 Å². The van der Waals surface area contributed by atoms with E-state index < -0.39 is 0 Å². The Kier molecular flexibility index (Phi) is 5.23. The monoisotopic (exact) mass is 525 g/mol. The van der Waals surface area contributed by atoms with Gasteiger partial charge in [0.25, 0.3) is 0 Å². The van der Waals surface area contributed by atoms with E-state index in [0.717, 1.165) is 18.5 Å². The highest BCUT2D eigenvalue weighted by Gasteiger charge is 2.20. The summed E-state index contributed by atoms with van der Waals surface area (Å²) in [5.74, 6) is 0. The van der Waals surface area contributed by atoms with Crippen LogP contribution in [0, 0.1) is 18.3 Å². The molecular weight excluding hydrogens is 498 g/mol. The van der Waals surface area contributed by atoms with Gasteiger partial charge in [0.1, 0.15) is 0 Å². The maximum Gasteiger partial charge on any atom is 0.0991 e. The molecule has 0 N–H and O–H groups in total. The molecule has 0 saturated heterocycles. The quantitative estimate of drug-likeness (QED) is 0.226. The first-order valence-electron chi connectivity index (χ1n) is 14.2. The SMILES string of the molecule is Cc1cccc2c3cc(-c4ccc5c(c4)c4c(n5-c5ccccc5)CCC=C4)ccc3n(-c3ccc(C#N)cc3)c12. The van der Waals surface area contributed by atoms with Crippen LogP contribution >= 0.6 is 0 Å². The van der Waals surface area contributed by atoms with E-state index in [1.54, 1.807) is 0 Å². The number of rotatable bonds is 3. The Balaban J connectivity index is 1.34. The number of hydrogen-bond donors (Lipinski definition) is 0. The third-order valence-corrected chi connectivity index (χ3v) is 8.53. The fraction of sp³-hybridized carbons (Fsp3) is 0.0789. The van der Waals surface area contributed by atoms with Gasteiger partial charge in [0, 0.05) is 38.8 Å². The maximum atomic E-state index is 9.31. The third kappa shape index (κ3) is 3.58. The third-order valence-electron chi connectivity index (χ3n) is 8.53. The van der Waals surface area contributed by atoms with Gasteiger partial charge in [0.2, 0.25) is 0 Å². The summed E-state index contributed by atoms with van der Waals surface area (Å²) in [6.07, 6.45) is 6.73. The van der Waals surface area contributed by atoms with Crippen molar-refractivity contribution >= 4 is 38.8 Å². The zero-order chi connectivity index (χ0) is 27.5. The first-order chi connectivity index (χ1) is 20.2. The number of para-hydroxylation sites is 2. The minimum Gasteiger partial charge on any atom is -0.313 e. The van der Waals surface area contributed by atoms with E-state index in [9.17, 15) is 5.26 Å². The Bertz CT molecular complexity index is 2200. The van der Waals surface area contributed by atoms with Gasteiger partial charge in [-0.05, 0) is 97.1 Å². The minimum atomic E-state index is 0.669. The molecule has 7 aromatic rings. The number of benzene rings is 5. The Labute approximate surface area is 238 Å². The summed E-state index contributed by atoms with van der Waals surface area (Å²) in [5.41, 5.74) is 13.0. The van der Waals surface area contributed by atoms with Crippen LogP contribution in [0.25, 0.3) is 61.3 Å². The normalized spacial score (nSPS) is 12.7. The molecular formula is C38H27N3. The molecule has 41 heavy (non-hydrogen) atoms. The molecule has 0 spiro atoms. The van der Waals surface area contributed by atoms with Crippen LogP contribution in [0.2, 0.25) is 0 Å². The van der Waals surface area contributed by atoms with Crippen LogP contribution < -0.4 is 0 Å². The molecule has 0 radical (unpaired) electrons. The van der Waals surface area contributed by atoms with Gasteiger partial charge in [-0.1, -0.05) is 60.7 Å². The number of fused-ring (bicyclic) bond motifs is 6. The number of nitrogens with zero attached hydrogens (tertiary/aromatic N) is 3. The fourth-order valence-electron chi connectivity index (χ4n) is 6.65. The molecule has 3 heteroatoms. The smallest absolute Gasteiger partial charge is 0.0991 e. The van der Waals surface area contributed by atoms with E-state index >= 15 is 0 Å². The van der Waals surface area contributed by atoms with Gasteiger partial charge in [-0.2, -0.15) is 5.26 Å². The molecule has 1 aliphatic rings. The van der Waals surface area contributed by atoms with Crippen LogP contribution in [0.1, 0.15) is 28.8 Å². The van der Waals surface area contributed by atoms with Gasteiger partial charge < -0.3 is 9.13 Å². The summed E-state index contributed by atoms with van der Waals surface area (Å²) in [4.78, 5) is 0. The lowest BCUT2D eigenvalue weighted by Crippen LogP contribution is -2.02. The van der Waals surface area contributed by atoms with E-state index in [1.807, 2.05) is 24.3 Å². The standard InChI is InChI=1S/C38H27N3/c1-25-8-7-12-32-34-23-28(17-21-37(34)41(38(25)32)30-18-14-26(24-39)15-19-30)27-16-20-36-33(22-27)31-11-5-6-13-35(31)40(36)29-9-3-2-4-10-29/h2-5,7-12,14-23H,6,13H2,1H3. The van der Waals surface area contributed by atoms with Gasteiger partial charge >= 0.3 is 0 Å². The molecule has 0 aliphatic heterocycles. The van der Waals surface area contributed by atoms with E-state index in [4.69, 9.17) is 0 Å². The van der Waals surface area contributed by atoms with Crippen LogP contribution in [0.15, 0.2) is 115 Å². The number of aryl methyl sites for hydroxylation is 1. The number of aromatic nitrogens is 2. The highest BCUT2D eigenvalue weighted by molar-refractivity contribution is 6.11. The fourth-order valence-corrected chi connectivity index (χ4v) is 6.65. The first-order valence-corrected chi connectivity index (χ1v) is 14.2. The highest BCUT2D eigenvalue weighted by Crippen LogP contribution is 2.39. The lowest BCUT2D eigenvalue weighted by Gasteiger charge is -2.13. The van der Waals surface area contributed by atoms with Crippen molar-refractivity contribution in [1.82, 2.24) is 9.13 Å². The molecule has 2 aromatic heterocycles. The van der Waals surface area contributed by atoms with Gasteiger partial charge in [-0.25, -0.2) is 0 Å². The van der Waals surface area contributed by atoms with Crippen LogP contribution in [-0.2, 0) is 6.42 Å². The molecule has 0 atom stereocenters. The molecule has 5 aromatic carbocycles. The molecule has 3 nitrogen and oxygen atoms in total.